The molecule has 2 bridgehead atoms. The van der Waals surface area contributed by atoms with Gasteiger partial charge in [-0.3, -0.25) is 0 Å². The number of hydrogen-bond donors (Lipinski definition) is 0. The van der Waals surface area contributed by atoms with Gasteiger partial charge in [0.05, 0.1) is 0 Å². The molecule has 3 atom stereocenters. The van der Waals surface area contributed by atoms with E-state index in [4.69, 9.17) is 0 Å². The zero-order valence-corrected chi connectivity index (χ0v) is 8.67. The summed E-state index contributed by atoms with van der Waals surface area (Å²) in [5.74, 6) is 4.67. The molecule has 3 fully saturated rings. The molecule has 0 spiro atoms. The molecule has 0 aromatic carbocycles. The van der Waals surface area contributed by atoms with Gasteiger partial charge in [0.2, 0.25) is 0 Å². The fourth-order valence-corrected chi connectivity index (χ4v) is 4.43. The van der Waals surface area contributed by atoms with Crippen LogP contribution in [-0.2, 0) is 0 Å². The van der Waals surface area contributed by atoms with E-state index < -0.39 is 0 Å². The molecule has 0 aromatic rings. The van der Waals surface area contributed by atoms with Gasteiger partial charge in [-0.15, -0.1) is 0 Å². The standard InChI is InChI=1S/C13H22/c1-2-4-11(5-3-1)13-9-10-6-7-12(13)8-10/h10-13H,1-9H2/t10-,12+,13+/m0/s1. The van der Waals surface area contributed by atoms with Crippen molar-refractivity contribution in [3.05, 3.63) is 0 Å². The van der Waals surface area contributed by atoms with Crippen molar-refractivity contribution < 1.29 is 0 Å². The highest BCUT2D eigenvalue weighted by molar-refractivity contribution is 4.93. The molecule has 3 aliphatic carbocycles. The molecule has 3 saturated carbocycles. The van der Waals surface area contributed by atoms with Gasteiger partial charge in [-0.2, -0.15) is 0 Å². The Balaban J connectivity index is 1.65. The predicted molar refractivity (Wildman–Crippen MR) is 55.5 cm³/mol. The molecule has 0 aromatic heterocycles. The normalized spacial score (nSPS) is 45.7. The highest BCUT2D eigenvalue weighted by Gasteiger charge is 2.42. The van der Waals surface area contributed by atoms with Crippen molar-refractivity contribution in [2.75, 3.05) is 0 Å². The Kier molecular flexibility index (Phi) is 2.11. The van der Waals surface area contributed by atoms with Crippen LogP contribution in [0, 0.1) is 23.7 Å². The number of rotatable bonds is 1. The Morgan fingerprint density at radius 2 is 1.46 bits per heavy atom. The Morgan fingerprint density at radius 1 is 0.615 bits per heavy atom. The maximum Gasteiger partial charge on any atom is -0.0355 e. The average Bonchev–Trinajstić information content (AvgIpc) is 2.80. The first-order valence-electron chi connectivity index (χ1n) is 6.43. The summed E-state index contributed by atoms with van der Waals surface area (Å²) in [7, 11) is 0. The SMILES string of the molecule is C1CCC([C@H]2C[C@H]3CC[C@@H]2C3)CC1. The monoisotopic (exact) mass is 178 g/mol. The minimum absolute atomic E-state index is 1.16. The first kappa shape index (κ1) is 8.32. The van der Waals surface area contributed by atoms with Crippen molar-refractivity contribution in [2.24, 2.45) is 23.7 Å². The van der Waals surface area contributed by atoms with Gasteiger partial charge < -0.3 is 0 Å². The van der Waals surface area contributed by atoms with Crippen molar-refractivity contribution in [1.82, 2.24) is 0 Å². The van der Waals surface area contributed by atoms with Crippen LogP contribution in [0.4, 0.5) is 0 Å². The Labute approximate surface area is 82.1 Å². The van der Waals surface area contributed by atoms with Gasteiger partial charge in [0.15, 0.2) is 0 Å². The first-order chi connectivity index (χ1) is 6.43. The van der Waals surface area contributed by atoms with E-state index in [1.165, 1.54) is 18.3 Å². The fraction of sp³-hybridized carbons (Fsp3) is 1.00. The summed E-state index contributed by atoms with van der Waals surface area (Å²) in [5, 5.41) is 0. The van der Waals surface area contributed by atoms with Crippen LogP contribution in [0.15, 0.2) is 0 Å². The van der Waals surface area contributed by atoms with Gasteiger partial charge in [0.25, 0.3) is 0 Å². The number of fused-ring (bicyclic) bond motifs is 2. The maximum absolute atomic E-state index is 1.62. The summed E-state index contributed by atoms with van der Waals surface area (Å²) in [6.07, 6.45) is 14.2. The zero-order valence-electron chi connectivity index (χ0n) is 8.67. The molecule has 0 aliphatic heterocycles. The molecule has 0 radical (unpaired) electrons. The lowest BCUT2D eigenvalue weighted by Crippen LogP contribution is -2.22. The average molecular weight is 178 g/mol. The van der Waals surface area contributed by atoms with Gasteiger partial charge in [-0.25, -0.2) is 0 Å². The van der Waals surface area contributed by atoms with E-state index in [2.05, 4.69) is 0 Å². The second-order valence-electron chi connectivity index (χ2n) is 5.74. The topological polar surface area (TPSA) is 0 Å². The van der Waals surface area contributed by atoms with E-state index in [0.717, 1.165) is 11.8 Å². The molecule has 3 aliphatic rings. The van der Waals surface area contributed by atoms with Crippen LogP contribution in [-0.4, -0.2) is 0 Å². The van der Waals surface area contributed by atoms with Gasteiger partial charge in [0.1, 0.15) is 0 Å². The van der Waals surface area contributed by atoms with Crippen LogP contribution in [0.2, 0.25) is 0 Å². The maximum atomic E-state index is 1.62. The van der Waals surface area contributed by atoms with E-state index in [1.54, 1.807) is 51.4 Å². The smallest absolute Gasteiger partial charge is 0.0355 e. The molecule has 0 N–H and O–H groups in total. The van der Waals surface area contributed by atoms with Crippen molar-refractivity contribution in [3.8, 4) is 0 Å². The molecule has 0 heterocycles. The van der Waals surface area contributed by atoms with Gasteiger partial charge >= 0.3 is 0 Å². The fourth-order valence-electron chi connectivity index (χ4n) is 4.43. The Morgan fingerprint density at radius 3 is 2.08 bits per heavy atom. The zero-order chi connectivity index (χ0) is 8.67. The van der Waals surface area contributed by atoms with E-state index in [0.29, 0.717) is 0 Å². The first-order valence-corrected chi connectivity index (χ1v) is 6.43. The van der Waals surface area contributed by atoms with Gasteiger partial charge in [0, 0.05) is 0 Å². The van der Waals surface area contributed by atoms with E-state index >= 15 is 0 Å². The summed E-state index contributed by atoms with van der Waals surface area (Å²) in [6, 6.07) is 0. The Hall–Kier alpha value is 0. The van der Waals surface area contributed by atoms with Crippen molar-refractivity contribution in [1.29, 1.82) is 0 Å². The third-order valence-electron chi connectivity index (χ3n) is 5.05. The molecular weight excluding hydrogens is 156 g/mol. The summed E-state index contributed by atoms with van der Waals surface area (Å²) in [6.45, 7) is 0. The predicted octanol–water partition coefficient (Wildman–Crippen LogP) is 4.00. The minimum Gasteiger partial charge on any atom is -0.0533 e. The van der Waals surface area contributed by atoms with Crippen molar-refractivity contribution >= 4 is 0 Å². The molecule has 74 valence electrons. The lowest BCUT2D eigenvalue weighted by atomic mass is 9.73. The minimum atomic E-state index is 1.16. The van der Waals surface area contributed by atoms with E-state index in [-0.39, 0.29) is 0 Å². The summed E-state index contributed by atoms with van der Waals surface area (Å²) < 4.78 is 0. The van der Waals surface area contributed by atoms with Crippen molar-refractivity contribution in [2.45, 2.75) is 57.8 Å². The summed E-state index contributed by atoms with van der Waals surface area (Å²) in [5.41, 5.74) is 0. The quantitative estimate of drug-likeness (QED) is 0.569. The highest BCUT2D eigenvalue weighted by atomic mass is 14.5. The largest absolute Gasteiger partial charge is 0.0533 e. The van der Waals surface area contributed by atoms with Crippen LogP contribution in [0.25, 0.3) is 0 Å². The Bertz CT molecular complexity index is 178. The lowest BCUT2D eigenvalue weighted by Gasteiger charge is -2.33. The van der Waals surface area contributed by atoms with Crippen LogP contribution in [0.5, 0.6) is 0 Å². The van der Waals surface area contributed by atoms with Gasteiger partial charge in [-0.1, -0.05) is 38.5 Å². The molecule has 0 saturated heterocycles. The second-order valence-corrected chi connectivity index (χ2v) is 5.74. The summed E-state index contributed by atoms with van der Waals surface area (Å²) >= 11 is 0. The molecule has 13 heavy (non-hydrogen) atoms. The van der Waals surface area contributed by atoms with Crippen LogP contribution >= 0.6 is 0 Å². The molecule has 0 unspecified atom stereocenters. The van der Waals surface area contributed by atoms with Gasteiger partial charge in [-0.05, 0) is 42.9 Å². The lowest BCUT2D eigenvalue weighted by molar-refractivity contribution is 0.179. The molecular formula is C13H22. The second kappa shape index (κ2) is 3.29. The van der Waals surface area contributed by atoms with E-state index in [9.17, 15) is 0 Å². The van der Waals surface area contributed by atoms with Crippen LogP contribution in [0.3, 0.4) is 0 Å². The van der Waals surface area contributed by atoms with Crippen molar-refractivity contribution in [3.63, 3.8) is 0 Å². The van der Waals surface area contributed by atoms with E-state index in [1.807, 2.05) is 0 Å². The molecule has 0 nitrogen and oxygen atoms in total. The van der Waals surface area contributed by atoms with Crippen LogP contribution < -0.4 is 0 Å². The van der Waals surface area contributed by atoms with Crippen LogP contribution in [0.1, 0.15) is 57.8 Å². The summed E-state index contributed by atoms with van der Waals surface area (Å²) in [4.78, 5) is 0. The molecule has 0 heteroatoms. The number of hydrogen-bond acceptors (Lipinski definition) is 0. The third kappa shape index (κ3) is 1.43. The molecule has 3 rings (SSSR count). The molecule has 0 amide bonds. The highest BCUT2D eigenvalue weighted by Crippen LogP contribution is 2.53. The third-order valence-corrected chi connectivity index (χ3v) is 5.05.